The molecule has 0 unspecified atom stereocenters. The quantitative estimate of drug-likeness (QED) is 0.773. The molecule has 1 rings (SSSR count). The average Bonchev–Trinajstić information content (AvgIpc) is 2.15. The summed E-state index contributed by atoms with van der Waals surface area (Å²) in [5.74, 6) is 0. The molecule has 0 N–H and O–H groups in total. The lowest BCUT2D eigenvalue weighted by Crippen LogP contribution is -2.04. The highest BCUT2D eigenvalue weighted by Crippen LogP contribution is 2.33. The van der Waals surface area contributed by atoms with Crippen LogP contribution in [0.5, 0.6) is 0 Å². The lowest BCUT2D eigenvalue weighted by atomic mass is 10.1. The van der Waals surface area contributed by atoms with Crippen LogP contribution in [-0.2, 0) is 9.05 Å². The van der Waals surface area contributed by atoms with Gasteiger partial charge in [0.2, 0.25) is 0 Å². The van der Waals surface area contributed by atoms with E-state index in [9.17, 15) is 17.2 Å². The average molecular weight is 266 g/mol. The molecule has 7 heteroatoms. The van der Waals surface area contributed by atoms with Gasteiger partial charge in [-0.2, -0.15) is 5.26 Å². The van der Waals surface area contributed by atoms with Gasteiger partial charge in [0.05, 0.1) is 5.56 Å². The van der Waals surface area contributed by atoms with Gasteiger partial charge in [-0.15, -0.1) is 0 Å². The van der Waals surface area contributed by atoms with E-state index in [0.717, 1.165) is 6.07 Å². The molecule has 0 fully saturated rings. The molecule has 0 aliphatic rings. The van der Waals surface area contributed by atoms with Crippen molar-refractivity contribution in [1.29, 1.82) is 5.26 Å². The molecule has 0 bridgehead atoms. The lowest BCUT2D eigenvalue weighted by Gasteiger charge is -2.10. The second-order valence-corrected chi connectivity index (χ2v) is 5.53. The van der Waals surface area contributed by atoms with Crippen molar-refractivity contribution in [2.45, 2.75) is 18.2 Å². The van der Waals surface area contributed by atoms with Crippen molar-refractivity contribution in [3.05, 3.63) is 28.8 Å². The highest BCUT2D eigenvalue weighted by molar-refractivity contribution is 8.13. The summed E-state index contributed by atoms with van der Waals surface area (Å²) in [6, 6.07) is 3.93. The standard InChI is InChI=1S/C9H6ClF2NO2S/c1-5-2-3-6(4-13)8(16(10,14)15)7(5)9(11)12/h2-3,9H,1H3. The number of hydrogen-bond donors (Lipinski definition) is 0. The second-order valence-electron chi connectivity index (χ2n) is 3.02. The van der Waals surface area contributed by atoms with Gasteiger partial charge in [-0.25, -0.2) is 17.2 Å². The molecular formula is C9H6ClF2NO2S. The lowest BCUT2D eigenvalue weighted by molar-refractivity contribution is 0.147. The predicted octanol–water partition coefficient (Wildman–Crippen LogP) is 2.73. The van der Waals surface area contributed by atoms with Gasteiger partial charge in [-0.3, -0.25) is 0 Å². The Morgan fingerprint density at radius 2 is 2.00 bits per heavy atom. The van der Waals surface area contributed by atoms with Gasteiger partial charge in [0, 0.05) is 16.2 Å². The zero-order valence-corrected chi connectivity index (χ0v) is 9.61. The van der Waals surface area contributed by atoms with Crippen LogP contribution in [0.4, 0.5) is 8.78 Å². The van der Waals surface area contributed by atoms with Crippen LogP contribution in [0.2, 0.25) is 0 Å². The molecule has 0 spiro atoms. The maximum atomic E-state index is 12.7. The number of nitriles is 1. The molecule has 0 atom stereocenters. The van der Waals surface area contributed by atoms with E-state index in [0.29, 0.717) is 0 Å². The fourth-order valence-corrected chi connectivity index (χ4v) is 2.71. The molecule has 1 aromatic carbocycles. The van der Waals surface area contributed by atoms with Crippen molar-refractivity contribution in [1.82, 2.24) is 0 Å². The minimum Gasteiger partial charge on any atom is -0.207 e. The van der Waals surface area contributed by atoms with Crippen LogP contribution in [0.1, 0.15) is 23.1 Å². The van der Waals surface area contributed by atoms with Gasteiger partial charge < -0.3 is 0 Å². The molecule has 86 valence electrons. The summed E-state index contributed by atoms with van der Waals surface area (Å²) >= 11 is 0. The molecule has 0 aromatic heterocycles. The van der Waals surface area contributed by atoms with E-state index in [-0.39, 0.29) is 11.1 Å². The summed E-state index contributed by atoms with van der Waals surface area (Å²) in [7, 11) is 0.677. The Hall–Kier alpha value is -1.19. The maximum absolute atomic E-state index is 12.7. The Morgan fingerprint density at radius 1 is 1.44 bits per heavy atom. The number of nitrogens with zero attached hydrogens (tertiary/aromatic N) is 1. The summed E-state index contributed by atoms with van der Waals surface area (Å²) in [4.78, 5) is -0.799. The van der Waals surface area contributed by atoms with Crippen molar-refractivity contribution in [2.75, 3.05) is 0 Å². The van der Waals surface area contributed by atoms with Crippen LogP contribution in [0.15, 0.2) is 17.0 Å². The third-order valence-corrected chi connectivity index (χ3v) is 3.39. The summed E-state index contributed by atoms with van der Waals surface area (Å²) in [5.41, 5.74) is -1.02. The number of hydrogen-bond acceptors (Lipinski definition) is 3. The fraction of sp³-hybridized carbons (Fsp3) is 0.222. The van der Waals surface area contributed by atoms with Gasteiger partial charge in [0.15, 0.2) is 0 Å². The van der Waals surface area contributed by atoms with Gasteiger partial charge in [0.25, 0.3) is 15.5 Å². The molecule has 0 saturated carbocycles. The zero-order valence-electron chi connectivity index (χ0n) is 8.04. The predicted molar refractivity (Wildman–Crippen MR) is 53.9 cm³/mol. The maximum Gasteiger partial charge on any atom is 0.265 e. The summed E-state index contributed by atoms with van der Waals surface area (Å²) in [6.45, 7) is 1.33. The number of halogens is 3. The van der Waals surface area contributed by atoms with Gasteiger partial charge in [0.1, 0.15) is 11.0 Å². The molecule has 0 aliphatic carbocycles. The topological polar surface area (TPSA) is 57.9 Å². The minimum absolute atomic E-state index is 0.0771. The SMILES string of the molecule is Cc1ccc(C#N)c(S(=O)(=O)Cl)c1C(F)F. The largest absolute Gasteiger partial charge is 0.265 e. The molecule has 0 saturated heterocycles. The van der Waals surface area contributed by atoms with E-state index in [1.807, 2.05) is 0 Å². The first kappa shape index (κ1) is 12.9. The first-order valence-electron chi connectivity index (χ1n) is 4.05. The molecule has 0 aliphatic heterocycles. The van der Waals surface area contributed by atoms with Crippen LogP contribution in [0.25, 0.3) is 0 Å². The monoisotopic (exact) mass is 265 g/mol. The normalized spacial score (nSPS) is 11.5. The molecule has 0 heterocycles. The first-order chi connectivity index (χ1) is 7.29. The van der Waals surface area contributed by atoms with Crippen LogP contribution >= 0.6 is 10.7 Å². The molecule has 0 radical (unpaired) electrons. The summed E-state index contributed by atoms with van der Waals surface area (Å²) in [5, 5.41) is 8.66. The third-order valence-electron chi connectivity index (χ3n) is 2.00. The molecule has 3 nitrogen and oxygen atoms in total. The minimum atomic E-state index is -4.37. The second kappa shape index (κ2) is 4.36. The highest BCUT2D eigenvalue weighted by atomic mass is 35.7. The van der Waals surface area contributed by atoms with Gasteiger partial charge in [-0.1, -0.05) is 6.07 Å². The Labute approximate surface area is 95.7 Å². The van der Waals surface area contributed by atoms with E-state index in [1.165, 1.54) is 19.1 Å². The van der Waals surface area contributed by atoms with Crippen LogP contribution < -0.4 is 0 Å². The van der Waals surface area contributed by atoms with Crippen molar-refractivity contribution in [3.63, 3.8) is 0 Å². The third kappa shape index (κ3) is 2.31. The zero-order chi connectivity index (χ0) is 12.5. The van der Waals surface area contributed by atoms with E-state index < -0.39 is 25.9 Å². The summed E-state index contributed by atoms with van der Waals surface area (Å²) < 4.78 is 47.7. The van der Waals surface area contributed by atoms with E-state index in [1.54, 1.807) is 0 Å². The fourth-order valence-electron chi connectivity index (χ4n) is 1.32. The molecule has 1 aromatic rings. The highest BCUT2D eigenvalue weighted by Gasteiger charge is 2.27. The Bertz CT molecular complexity index is 564. The van der Waals surface area contributed by atoms with Crippen molar-refractivity contribution in [3.8, 4) is 6.07 Å². The van der Waals surface area contributed by atoms with E-state index >= 15 is 0 Å². The Kier molecular flexibility index (Phi) is 3.51. The molecule has 0 amide bonds. The molecule has 16 heavy (non-hydrogen) atoms. The van der Waals surface area contributed by atoms with E-state index in [4.69, 9.17) is 15.9 Å². The smallest absolute Gasteiger partial charge is 0.207 e. The summed E-state index contributed by atoms with van der Waals surface area (Å²) in [6.07, 6.45) is -3.00. The van der Waals surface area contributed by atoms with Gasteiger partial charge >= 0.3 is 0 Å². The Balaban J connectivity index is 3.79. The van der Waals surface area contributed by atoms with Crippen LogP contribution in [-0.4, -0.2) is 8.42 Å². The van der Waals surface area contributed by atoms with Crippen LogP contribution in [0.3, 0.4) is 0 Å². The van der Waals surface area contributed by atoms with Crippen molar-refractivity contribution < 1.29 is 17.2 Å². The number of aryl methyl sites for hydroxylation is 1. The number of alkyl halides is 2. The van der Waals surface area contributed by atoms with Crippen LogP contribution in [0, 0.1) is 18.3 Å². The molecular weight excluding hydrogens is 260 g/mol. The number of benzene rings is 1. The van der Waals surface area contributed by atoms with Crippen molar-refractivity contribution >= 4 is 19.7 Å². The Morgan fingerprint density at radius 3 is 2.38 bits per heavy atom. The number of rotatable bonds is 2. The van der Waals surface area contributed by atoms with Gasteiger partial charge in [-0.05, 0) is 18.6 Å². The van der Waals surface area contributed by atoms with E-state index in [2.05, 4.69) is 0 Å². The first-order valence-corrected chi connectivity index (χ1v) is 6.36. The van der Waals surface area contributed by atoms with Crippen molar-refractivity contribution in [2.24, 2.45) is 0 Å².